The number of carbonyl (C=O) groups excluding carboxylic acids is 1. The Morgan fingerprint density at radius 1 is 1.24 bits per heavy atom. The van der Waals surface area contributed by atoms with Crippen LogP contribution in [-0.4, -0.2) is 18.6 Å². The number of urea groups is 1. The average Bonchev–Trinajstić information content (AvgIpc) is 2.98. The molecular weight excluding hydrogens is 262 g/mol. The highest BCUT2D eigenvalue weighted by molar-refractivity contribution is 5.89. The summed E-state index contributed by atoms with van der Waals surface area (Å²) in [4.78, 5) is 11.9. The number of hydrogen-bond donors (Lipinski definition) is 3. The van der Waals surface area contributed by atoms with Crippen molar-refractivity contribution < 1.29 is 4.79 Å². The molecule has 0 heterocycles. The van der Waals surface area contributed by atoms with E-state index in [4.69, 9.17) is 0 Å². The first-order chi connectivity index (χ1) is 10.2. The minimum absolute atomic E-state index is 0.0909. The molecule has 1 aliphatic carbocycles. The normalized spacial score (nSPS) is 16.7. The fraction of sp³-hybridized carbons (Fsp3) is 0.588. The Labute approximate surface area is 127 Å². The number of nitrogens with one attached hydrogen (secondary N) is 3. The van der Waals surface area contributed by atoms with Crippen molar-refractivity contribution in [3.8, 4) is 0 Å². The quantitative estimate of drug-likeness (QED) is 0.746. The zero-order valence-electron chi connectivity index (χ0n) is 13.1. The third-order valence-electron chi connectivity index (χ3n) is 4.06. The Bertz CT molecular complexity index is 438. The smallest absolute Gasteiger partial charge is 0.319 e. The Morgan fingerprint density at radius 3 is 2.52 bits per heavy atom. The molecule has 1 fully saturated rings. The zero-order valence-corrected chi connectivity index (χ0v) is 13.1. The van der Waals surface area contributed by atoms with Gasteiger partial charge in [-0.3, -0.25) is 0 Å². The Hall–Kier alpha value is -1.55. The second-order valence-corrected chi connectivity index (χ2v) is 5.88. The molecule has 116 valence electrons. The third-order valence-corrected chi connectivity index (χ3v) is 4.06. The summed E-state index contributed by atoms with van der Waals surface area (Å²) in [6.45, 7) is 5.34. The van der Waals surface area contributed by atoms with Crippen molar-refractivity contribution >= 4 is 11.7 Å². The Balaban J connectivity index is 1.82. The average molecular weight is 289 g/mol. The first-order valence-corrected chi connectivity index (χ1v) is 8.10. The monoisotopic (exact) mass is 289 g/mol. The van der Waals surface area contributed by atoms with Crippen LogP contribution in [0.3, 0.4) is 0 Å². The van der Waals surface area contributed by atoms with Crippen molar-refractivity contribution in [2.45, 2.75) is 58.0 Å². The predicted octanol–water partition coefficient (Wildman–Crippen LogP) is 3.81. The largest absolute Gasteiger partial charge is 0.335 e. The first-order valence-electron chi connectivity index (χ1n) is 8.10. The summed E-state index contributed by atoms with van der Waals surface area (Å²) in [5.74, 6) is 0. The van der Waals surface area contributed by atoms with Crippen LogP contribution in [-0.2, 0) is 0 Å². The van der Waals surface area contributed by atoms with Gasteiger partial charge in [0.1, 0.15) is 0 Å². The van der Waals surface area contributed by atoms with Gasteiger partial charge in [0.15, 0.2) is 0 Å². The van der Waals surface area contributed by atoms with E-state index in [9.17, 15) is 4.79 Å². The van der Waals surface area contributed by atoms with Crippen molar-refractivity contribution in [1.29, 1.82) is 0 Å². The Kier molecular flexibility index (Phi) is 6.05. The maximum Gasteiger partial charge on any atom is 0.319 e. The van der Waals surface area contributed by atoms with Crippen molar-refractivity contribution in [3.63, 3.8) is 0 Å². The molecule has 2 rings (SSSR count). The molecule has 0 saturated heterocycles. The molecule has 1 atom stereocenters. The predicted molar refractivity (Wildman–Crippen MR) is 87.6 cm³/mol. The van der Waals surface area contributed by atoms with E-state index >= 15 is 0 Å². The minimum atomic E-state index is -0.0909. The summed E-state index contributed by atoms with van der Waals surface area (Å²) in [7, 11) is 0. The number of rotatable bonds is 6. The van der Waals surface area contributed by atoms with Crippen LogP contribution >= 0.6 is 0 Å². The summed E-state index contributed by atoms with van der Waals surface area (Å²) < 4.78 is 0. The molecule has 2 amide bonds. The van der Waals surface area contributed by atoms with Gasteiger partial charge < -0.3 is 16.0 Å². The van der Waals surface area contributed by atoms with E-state index in [1.807, 2.05) is 12.1 Å². The van der Waals surface area contributed by atoms with Gasteiger partial charge in [0.2, 0.25) is 0 Å². The maximum atomic E-state index is 11.9. The number of benzene rings is 1. The van der Waals surface area contributed by atoms with Crippen molar-refractivity contribution in [1.82, 2.24) is 10.6 Å². The molecular formula is C17H27N3O. The van der Waals surface area contributed by atoms with Crippen LogP contribution in [0, 0.1) is 0 Å². The van der Waals surface area contributed by atoms with Gasteiger partial charge in [-0.15, -0.1) is 0 Å². The first kappa shape index (κ1) is 15.8. The van der Waals surface area contributed by atoms with Gasteiger partial charge >= 0.3 is 6.03 Å². The van der Waals surface area contributed by atoms with Gasteiger partial charge in [-0.1, -0.05) is 31.9 Å². The summed E-state index contributed by atoms with van der Waals surface area (Å²) in [6, 6.07) is 8.67. The molecule has 1 aliphatic rings. The molecule has 4 heteroatoms. The van der Waals surface area contributed by atoms with Crippen LogP contribution in [0.4, 0.5) is 10.5 Å². The SMILES string of the molecule is CCCNC(C)c1ccc(NC(=O)NC2CCCC2)cc1. The molecule has 0 radical (unpaired) electrons. The summed E-state index contributed by atoms with van der Waals surface area (Å²) >= 11 is 0. The van der Waals surface area contributed by atoms with E-state index in [1.165, 1.54) is 18.4 Å². The summed E-state index contributed by atoms with van der Waals surface area (Å²) in [5, 5.41) is 9.40. The molecule has 1 aromatic carbocycles. The van der Waals surface area contributed by atoms with Crippen molar-refractivity contribution in [2.24, 2.45) is 0 Å². The van der Waals surface area contributed by atoms with Gasteiger partial charge in [0, 0.05) is 17.8 Å². The number of anilines is 1. The molecule has 0 spiro atoms. The second kappa shape index (κ2) is 8.03. The standard InChI is InChI=1S/C17H27N3O/c1-3-12-18-13(2)14-8-10-16(11-9-14)20-17(21)19-15-6-4-5-7-15/h8-11,13,15,18H,3-7,12H2,1-2H3,(H2,19,20,21). The molecule has 4 nitrogen and oxygen atoms in total. The second-order valence-electron chi connectivity index (χ2n) is 5.88. The fourth-order valence-electron chi connectivity index (χ4n) is 2.76. The van der Waals surface area contributed by atoms with E-state index in [-0.39, 0.29) is 6.03 Å². The lowest BCUT2D eigenvalue weighted by Crippen LogP contribution is -2.36. The van der Waals surface area contributed by atoms with Crippen LogP contribution < -0.4 is 16.0 Å². The van der Waals surface area contributed by atoms with Crippen LogP contribution in [0.2, 0.25) is 0 Å². The van der Waals surface area contributed by atoms with Crippen molar-refractivity contribution in [2.75, 3.05) is 11.9 Å². The zero-order chi connectivity index (χ0) is 15.1. The summed E-state index contributed by atoms with van der Waals surface area (Å²) in [5.41, 5.74) is 2.09. The van der Waals surface area contributed by atoms with Gasteiger partial charge in [0.25, 0.3) is 0 Å². The molecule has 0 aromatic heterocycles. The lowest BCUT2D eigenvalue weighted by atomic mass is 10.1. The summed E-state index contributed by atoms with van der Waals surface area (Å²) in [6.07, 6.45) is 5.79. The minimum Gasteiger partial charge on any atom is -0.335 e. The topological polar surface area (TPSA) is 53.2 Å². The lowest BCUT2D eigenvalue weighted by Gasteiger charge is -2.15. The van der Waals surface area contributed by atoms with E-state index in [0.29, 0.717) is 12.1 Å². The van der Waals surface area contributed by atoms with Crippen LogP contribution in [0.15, 0.2) is 24.3 Å². The van der Waals surface area contributed by atoms with Gasteiger partial charge in [-0.2, -0.15) is 0 Å². The van der Waals surface area contributed by atoms with Crippen molar-refractivity contribution in [3.05, 3.63) is 29.8 Å². The number of amides is 2. The fourth-order valence-corrected chi connectivity index (χ4v) is 2.76. The molecule has 0 bridgehead atoms. The van der Waals surface area contributed by atoms with E-state index < -0.39 is 0 Å². The van der Waals surface area contributed by atoms with Gasteiger partial charge in [-0.05, 0) is 50.4 Å². The van der Waals surface area contributed by atoms with Crippen LogP contribution in [0.5, 0.6) is 0 Å². The lowest BCUT2D eigenvalue weighted by molar-refractivity contribution is 0.248. The molecule has 1 aromatic rings. The maximum absolute atomic E-state index is 11.9. The van der Waals surface area contributed by atoms with E-state index in [2.05, 4.69) is 41.9 Å². The number of carbonyl (C=O) groups is 1. The van der Waals surface area contributed by atoms with E-state index in [0.717, 1.165) is 31.5 Å². The highest BCUT2D eigenvalue weighted by Crippen LogP contribution is 2.18. The van der Waals surface area contributed by atoms with Crippen LogP contribution in [0.1, 0.15) is 57.6 Å². The molecule has 21 heavy (non-hydrogen) atoms. The Morgan fingerprint density at radius 2 is 1.90 bits per heavy atom. The van der Waals surface area contributed by atoms with Gasteiger partial charge in [-0.25, -0.2) is 4.79 Å². The molecule has 3 N–H and O–H groups in total. The molecule has 0 aliphatic heterocycles. The van der Waals surface area contributed by atoms with E-state index in [1.54, 1.807) is 0 Å². The highest BCUT2D eigenvalue weighted by Gasteiger charge is 2.16. The third kappa shape index (κ3) is 5.05. The molecule has 1 saturated carbocycles. The highest BCUT2D eigenvalue weighted by atomic mass is 16.2. The van der Waals surface area contributed by atoms with Gasteiger partial charge in [0.05, 0.1) is 0 Å². The molecule has 1 unspecified atom stereocenters. The van der Waals surface area contributed by atoms with Crippen LogP contribution in [0.25, 0.3) is 0 Å². The number of hydrogen-bond acceptors (Lipinski definition) is 2.